The van der Waals surface area contributed by atoms with Crippen molar-refractivity contribution in [2.24, 2.45) is 0 Å². The number of ketones is 1. The van der Waals surface area contributed by atoms with E-state index in [9.17, 15) is 18.7 Å². The molecule has 0 amide bonds. The molecule has 0 saturated heterocycles. The molecule has 0 bridgehead atoms. The smallest absolute Gasteiger partial charge is 0.162 e. The molecular weight excluding hydrogens is 290 g/mol. The fraction of sp³-hybridized carbons (Fsp3) is 0.235. The van der Waals surface area contributed by atoms with Crippen molar-refractivity contribution >= 4 is 5.78 Å². The van der Waals surface area contributed by atoms with Gasteiger partial charge in [0.2, 0.25) is 0 Å². The highest BCUT2D eigenvalue weighted by atomic mass is 19.1. The summed E-state index contributed by atoms with van der Waals surface area (Å²) in [7, 11) is 0. The van der Waals surface area contributed by atoms with Gasteiger partial charge in [-0.1, -0.05) is 6.92 Å². The van der Waals surface area contributed by atoms with Gasteiger partial charge in [-0.25, -0.2) is 8.78 Å². The second-order valence-corrected chi connectivity index (χ2v) is 4.79. The van der Waals surface area contributed by atoms with E-state index in [2.05, 4.69) is 0 Å². The summed E-state index contributed by atoms with van der Waals surface area (Å²) in [6.07, 6.45) is -0.870. The second-order valence-electron chi connectivity index (χ2n) is 4.79. The molecular formula is C17H16F2O3. The molecule has 22 heavy (non-hydrogen) atoms. The van der Waals surface area contributed by atoms with E-state index in [-0.39, 0.29) is 18.0 Å². The molecule has 0 aliphatic rings. The number of hydrogen-bond acceptors (Lipinski definition) is 3. The molecule has 0 radical (unpaired) electrons. The first-order valence-electron chi connectivity index (χ1n) is 6.90. The van der Waals surface area contributed by atoms with Crippen LogP contribution in [0.25, 0.3) is 0 Å². The molecule has 0 heterocycles. The Balaban J connectivity index is 2.00. The molecule has 2 aromatic carbocycles. The standard InChI is InChI=1S/C17H16F2O3/c1-2-16(20)11-3-6-13(7-4-11)22-10-17(21)14-9-12(18)5-8-15(14)19/h3-9,17,21H,2,10H2,1H3. The monoisotopic (exact) mass is 306 g/mol. The fourth-order valence-electron chi connectivity index (χ4n) is 1.98. The number of aliphatic hydroxyl groups is 1. The van der Waals surface area contributed by atoms with Crippen LogP contribution in [0.1, 0.15) is 35.4 Å². The van der Waals surface area contributed by atoms with Crippen LogP contribution in [0.2, 0.25) is 0 Å². The van der Waals surface area contributed by atoms with Crippen molar-refractivity contribution < 1.29 is 23.4 Å². The molecule has 1 atom stereocenters. The largest absolute Gasteiger partial charge is 0.491 e. The van der Waals surface area contributed by atoms with Crippen LogP contribution < -0.4 is 4.74 Å². The van der Waals surface area contributed by atoms with Gasteiger partial charge >= 0.3 is 0 Å². The Labute approximate surface area is 127 Å². The van der Waals surface area contributed by atoms with E-state index in [1.54, 1.807) is 31.2 Å². The van der Waals surface area contributed by atoms with Crippen molar-refractivity contribution in [3.63, 3.8) is 0 Å². The normalized spacial score (nSPS) is 12.0. The summed E-state index contributed by atoms with van der Waals surface area (Å²) in [5.41, 5.74) is 0.421. The molecule has 0 spiro atoms. The van der Waals surface area contributed by atoms with Crippen LogP contribution in [0.5, 0.6) is 5.75 Å². The highest BCUT2D eigenvalue weighted by Gasteiger charge is 2.15. The summed E-state index contributed by atoms with van der Waals surface area (Å²) in [5, 5.41) is 9.88. The van der Waals surface area contributed by atoms with E-state index in [0.717, 1.165) is 18.2 Å². The second kappa shape index (κ2) is 7.13. The number of ether oxygens (including phenoxy) is 1. The van der Waals surface area contributed by atoms with Crippen molar-refractivity contribution in [3.05, 3.63) is 65.2 Å². The average Bonchev–Trinajstić information content (AvgIpc) is 2.54. The highest BCUT2D eigenvalue weighted by Crippen LogP contribution is 2.20. The van der Waals surface area contributed by atoms with Crippen LogP contribution in [0.4, 0.5) is 8.78 Å². The molecule has 0 saturated carbocycles. The third-order valence-electron chi connectivity index (χ3n) is 3.22. The SMILES string of the molecule is CCC(=O)c1ccc(OCC(O)c2cc(F)ccc2F)cc1. The topological polar surface area (TPSA) is 46.5 Å². The lowest BCUT2D eigenvalue weighted by Crippen LogP contribution is -2.11. The van der Waals surface area contributed by atoms with E-state index in [1.807, 2.05) is 0 Å². The number of hydrogen-bond donors (Lipinski definition) is 1. The number of carbonyl (C=O) groups excluding carboxylic acids is 1. The molecule has 1 N–H and O–H groups in total. The maximum atomic E-state index is 13.5. The first-order chi connectivity index (χ1) is 10.5. The Bertz CT molecular complexity index is 653. The third kappa shape index (κ3) is 3.89. The minimum Gasteiger partial charge on any atom is -0.491 e. The number of aliphatic hydroxyl groups excluding tert-OH is 1. The van der Waals surface area contributed by atoms with E-state index in [4.69, 9.17) is 4.74 Å². The van der Waals surface area contributed by atoms with Gasteiger partial charge < -0.3 is 9.84 Å². The van der Waals surface area contributed by atoms with Crippen LogP contribution in [0, 0.1) is 11.6 Å². The Morgan fingerprint density at radius 3 is 2.50 bits per heavy atom. The number of rotatable bonds is 6. The predicted molar refractivity (Wildman–Crippen MR) is 77.9 cm³/mol. The van der Waals surface area contributed by atoms with Crippen LogP contribution in [-0.2, 0) is 0 Å². The van der Waals surface area contributed by atoms with Gasteiger partial charge in [0.05, 0.1) is 0 Å². The molecule has 116 valence electrons. The zero-order valence-electron chi connectivity index (χ0n) is 12.1. The summed E-state index contributed by atoms with van der Waals surface area (Å²) < 4.78 is 31.9. The molecule has 2 rings (SSSR count). The van der Waals surface area contributed by atoms with Crippen molar-refractivity contribution in [2.75, 3.05) is 6.61 Å². The maximum Gasteiger partial charge on any atom is 0.162 e. The zero-order valence-corrected chi connectivity index (χ0v) is 12.1. The van der Waals surface area contributed by atoms with Crippen molar-refractivity contribution in [1.82, 2.24) is 0 Å². The molecule has 0 fully saturated rings. The Morgan fingerprint density at radius 2 is 1.86 bits per heavy atom. The fourth-order valence-corrected chi connectivity index (χ4v) is 1.98. The molecule has 3 nitrogen and oxygen atoms in total. The average molecular weight is 306 g/mol. The van der Waals surface area contributed by atoms with Crippen LogP contribution in [0.3, 0.4) is 0 Å². The van der Waals surface area contributed by atoms with Crippen LogP contribution in [0.15, 0.2) is 42.5 Å². The highest BCUT2D eigenvalue weighted by molar-refractivity contribution is 5.95. The van der Waals surface area contributed by atoms with Gasteiger partial charge in [0, 0.05) is 17.5 Å². The van der Waals surface area contributed by atoms with Crippen LogP contribution >= 0.6 is 0 Å². The summed E-state index contributed by atoms with van der Waals surface area (Å²) >= 11 is 0. The molecule has 0 aliphatic carbocycles. The summed E-state index contributed by atoms with van der Waals surface area (Å²) in [5.74, 6) is -0.865. The molecule has 5 heteroatoms. The summed E-state index contributed by atoms with van der Waals surface area (Å²) in [4.78, 5) is 11.5. The van der Waals surface area contributed by atoms with E-state index in [0.29, 0.717) is 17.7 Å². The zero-order chi connectivity index (χ0) is 16.1. The van der Waals surface area contributed by atoms with E-state index < -0.39 is 17.7 Å². The van der Waals surface area contributed by atoms with E-state index >= 15 is 0 Å². The first-order valence-corrected chi connectivity index (χ1v) is 6.90. The number of halogens is 2. The lowest BCUT2D eigenvalue weighted by molar-refractivity contribution is 0.0986. The van der Waals surface area contributed by atoms with Crippen molar-refractivity contribution in [2.45, 2.75) is 19.4 Å². The number of benzene rings is 2. The molecule has 0 aromatic heterocycles. The van der Waals surface area contributed by atoms with Crippen LogP contribution in [-0.4, -0.2) is 17.5 Å². The third-order valence-corrected chi connectivity index (χ3v) is 3.22. The van der Waals surface area contributed by atoms with Gasteiger partial charge in [0.15, 0.2) is 5.78 Å². The summed E-state index contributed by atoms with van der Waals surface area (Å²) in [6.45, 7) is 1.55. The van der Waals surface area contributed by atoms with Gasteiger partial charge in [-0.15, -0.1) is 0 Å². The first kappa shape index (κ1) is 16.1. The Kier molecular flexibility index (Phi) is 5.22. The molecule has 2 aromatic rings. The van der Waals surface area contributed by atoms with E-state index in [1.165, 1.54) is 0 Å². The van der Waals surface area contributed by atoms with Gasteiger partial charge in [-0.3, -0.25) is 4.79 Å². The van der Waals surface area contributed by atoms with Crippen molar-refractivity contribution in [3.8, 4) is 5.75 Å². The minimum absolute atomic E-state index is 0.0217. The lowest BCUT2D eigenvalue weighted by atomic mass is 10.1. The lowest BCUT2D eigenvalue weighted by Gasteiger charge is -2.13. The van der Waals surface area contributed by atoms with Gasteiger partial charge in [-0.05, 0) is 42.5 Å². The molecule has 0 aliphatic heterocycles. The summed E-state index contributed by atoms with van der Waals surface area (Å²) in [6, 6.07) is 9.31. The van der Waals surface area contributed by atoms with Crippen molar-refractivity contribution in [1.29, 1.82) is 0 Å². The Morgan fingerprint density at radius 1 is 1.18 bits per heavy atom. The quantitative estimate of drug-likeness (QED) is 0.828. The number of carbonyl (C=O) groups is 1. The predicted octanol–water partition coefficient (Wildman–Crippen LogP) is 3.67. The van der Waals surface area contributed by atoms with Gasteiger partial charge in [-0.2, -0.15) is 0 Å². The minimum atomic E-state index is -1.28. The number of Topliss-reactive ketones (excluding diaryl/α,β-unsaturated/α-hetero) is 1. The Hall–Kier alpha value is -2.27. The molecule has 1 unspecified atom stereocenters. The van der Waals surface area contributed by atoms with Gasteiger partial charge in [0.1, 0.15) is 30.1 Å². The van der Waals surface area contributed by atoms with Gasteiger partial charge in [0.25, 0.3) is 0 Å². The maximum absolute atomic E-state index is 13.5.